The molecular formula is C24H32ClN5O3S. The SMILES string of the molecule is O=C(CO)N1CCN(CCC2CSC(c3cc4cc(Cl)cc(NC5CCOCC5)c4[nH]3)=N2)CC1. The van der Waals surface area contributed by atoms with E-state index in [1.807, 2.05) is 23.9 Å². The summed E-state index contributed by atoms with van der Waals surface area (Å²) >= 11 is 8.24. The summed E-state index contributed by atoms with van der Waals surface area (Å²) in [5.74, 6) is 0.813. The highest BCUT2D eigenvalue weighted by atomic mass is 35.5. The van der Waals surface area contributed by atoms with Gasteiger partial charge in [-0.25, -0.2) is 0 Å². The molecule has 0 spiro atoms. The number of aliphatic imine (C=N–C) groups is 1. The Balaban J connectivity index is 1.21. The normalized spacial score (nSPS) is 22.4. The minimum Gasteiger partial charge on any atom is -0.387 e. The Kier molecular flexibility index (Phi) is 7.65. The van der Waals surface area contributed by atoms with Crippen LogP contribution in [0.2, 0.25) is 5.02 Å². The second-order valence-corrected chi connectivity index (χ2v) is 10.6. The van der Waals surface area contributed by atoms with Gasteiger partial charge in [0.2, 0.25) is 5.91 Å². The molecule has 2 aromatic rings. The molecule has 3 aliphatic heterocycles. The third-order valence-corrected chi connectivity index (χ3v) is 8.22. The highest BCUT2D eigenvalue weighted by Crippen LogP contribution is 2.33. The summed E-state index contributed by atoms with van der Waals surface area (Å²) in [6.45, 7) is 5.26. The molecule has 2 fully saturated rings. The lowest BCUT2D eigenvalue weighted by atomic mass is 10.1. The van der Waals surface area contributed by atoms with Crippen molar-refractivity contribution in [3.63, 3.8) is 0 Å². The number of carbonyl (C=O) groups is 1. The number of ether oxygens (including phenoxy) is 1. The quantitative estimate of drug-likeness (QED) is 0.536. The van der Waals surface area contributed by atoms with Crippen molar-refractivity contribution in [2.45, 2.75) is 31.3 Å². The minimum absolute atomic E-state index is 0.174. The van der Waals surface area contributed by atoms with Gasteiger partial charge in [0.15, 0.2) is 0 Å². The maximum Gasteiger partial charge on any atom is 0.248 e. The molecule has 0 radical (unpaired) electrons. The van der Waals surface area contributed by atoms with Crippen LogP contribution in [0.3, 0.4) is 0 Å². The maximum atomic E-state index is 11.6. The van der Waals surface area contributed by atoms with Crippen LogP contribution in [-0.4, -0.2) is 101 Å². The van der Waals surface area contributed by atoms with Gasteiger partial charge in [-0.05, 0) is 37.5 Å². The second-order valence-electron chi connectivity index (χ2n) is 9.20. The molecule has 1 amide bonds. The molecule has 0 bridgehead atoms. The predicted octanol–water partition coefficient (Wildman–Crippen LogP) is 2.80. The van der Waals surface area contributed by atoms with E-state index in [-0.39, 0.29) is 5.91 Å². The van der Waals surface area contributed by atoms with Crippen molar-refractivity contribution in [2.75, 3.05) is 63.6 Å². The Morgan fingerprint density at radius 3 is 2.79 bits per heavy atom. The van der Waals surface area contributed by atoms with Gasteiger partial charge >= 0.3 is 0 Å². The first-order valence-corrected chi connectivity index (χ1v) is 13.4. The molecule has 1 aromatic carbocycles. The van der Waals surface area contributed by atoms with Crippen molar-refractivity contribution in [2.24, 2.45) is 4.99 Å². The van der Waals surface area contributed by atoms with Gasteiger partial charge in [-0.1, -0.05) is 11.6 Å². The number of benzene rings is 1. The van der Waals surface area contributed by atoms with Crippen LogP contribution in [0, 0.1) is 0 Å². The van der Waals surface area contributed by atoms with E-state index in [0.717, 1.165) is 90.2 Å². The number of aliphatic hydroxyl groups excluding tert-OH is 1. The molecule has 4 heterocycles. The van der Waals surface area contributed by atoms with E-state index in [9.17, 15) is 4.79 Å². The van der Waals surface area contributed by atoms with Crippen LogP contribution in [0.25, 0.3) is 10.9 Å². The number of aromatic nitrogens is 1. The Labute approximate surface area is 209 Å². The number of H-pyrrole nitrogens is 1. The van der Waals surface area contributed by atoms with Gasteiger partial charge < -0.3 is 25.0 Å². The lowest BCUT2D eigenvalue weighted by molar-refractivity contribution is -0.135. The molecule has 8 nitrogen and oxygen atoms in total. The number of rotatable bonds is 7. The summed E-state index contributed by atoms with van der Waals surface area (Å²) < 4.78 is 5.49. The number of anilines is 1. The molecular weight excluding hydrogens is 474 g/mol. The van der Waals surface area contributed by atoms with Crippen LogP contribution in [0.4, 0.5) is 5.69 Å². The fourth-order valence-electron chi connectivity index (χ4n) is 4.86. The standard InChI is InChI=1S/C24H32ClN5O3S/c25-17-11-16-12-21(28-23(16)20(13-17)26-18-2-9-33-10-3-18)24-27-19(15-34-24)1-4-29-5-7-30(8-6-29)22(32)14-31/h11-13,18-19,26,28,31H,1-10,14-15H2. The maximum absolute atomic E-state index is 11.6. The van der Waals surface area contributed by atoms with E-state index in [1.165, 1.54) is 0 Å². The van der Waals surface area contributed by atoms with Crippen LogP contribution < -0.4 is 5.32 Å². The van der Waals surface area contributed by atoms with Gasteiger partial charge in [0.1, 0.15) is 11.7 Å². The number of aromatic amines is 1. The lowest BCUT2D eigenvalue weighted by Crippen LogP contribution is -2.49. The molecule has 184 valence electrons. The zero-order valence-corrected chi connectivity index (χ0v) is 20.8. The van der Waals surface area contributed by atoms with Crippen LogP contribution in [0.1, 0.15) is 25.0 Å². The molecule has 3 aliphatic rings. The van der Waals surface area contributed by atoms with Crippen LogP contribution in [-0.2, 0) is 9.53 Å². The van der Waals surface area contributed by atoms with Crippen molar-refractivity contribution in [3.05, 3.63) is 28.9 Å². The third-order valence-electron chi connectivity index (χ3n) is 6.86. The zero-order chi connectivity index (χ0) is 23.5. The van der Waals surface area contributed by atoms with Crippen LogP contribution in [0.15, 0.2) is 23.2 Å². The Bertz CT molecular complexity index is 1050. The van der Waals surface area contributed by atoms with E-state index in [0.29, 0.717) is 25.2 Å². The number of nitrogens with zero attached hydrogens (tertiary/aromatic N) is 3. The van der Waals surface area contributed by atoms with Gasteiger partial charge in [-0.3, -0.25) is 14.7 Å². The highest BCUT2D eigenvalue weighted by Gasteiger charge is 2.25. The summed E-state index contributed by atoms with van der Waals surface area (Å²) in [7, 11) is 0. The third kappa shape index (κ3) is 5.54. The summed E-state index contributed by atoms with van der Waals surface area (Å²) in [6.07, 6.45) is 3.00. The van der Waals surface area contributed by atoms with Gasteiger partial charge in [0, 0.05) is 68.1 Å². The van der Waals surface area contributed by atoms with Crippen molar-refractivity contribution in [3.8, 4) is 0 Å². The average Bonchev–Trinajstić information content (AvgIpc) is 3.50. The second kappa shape index (κ2) is 10.9. The van der Waals surface area contributed by atoms with E-state index < -0.39 is 6.61 Å². The molecule has 2 saturated heterocycles. The van der Waals surface area contributed by atoms with E-state index in [4.69, 9.17) is 26.4 Å². The Hall–Kier alpha value is -1.78. The minimum atomic E-state index is -0.399. The number of thioether (sulfide) groups is 1. The number of amides is 1. The molecule has 0 saturated carbocycles. The summed E-state index contributed by atoms with van der Waals surface area (Å²) in [5, 5.41) is 15.6. The van der Waals surface area contributed by atoms with Crippen molar-refractivity contribution in [1.82, 2.24) is 14.8 Å². The van der Waals surface area contributed by atoms with Crippen molar-refractivity contribution < 1.29 is 14.6 Å². The van der Waals surface area contributed by atoms with Gasteiger partial charge in [-0.15, -0.1) is 11.8 Å². The average molecular weight is 506 g/mol. The molecule has 10 heteroatoms. The first-order valence-electron chi connectivity index (χ1n) is 12.1. The molecule has 5 rings (SSSR count). The van der Waals surface area contributed by atoms with Crippen molar-refractivity contribution >= 4 is 50.9 Å². The fourth-order valence-corrected chi connectivity index (χ4v) is 6.17. The van der Waals surface area contributed by atoms with E-state index in [1.54, 1.807) is 4.90 Å². The number of piperazine rings is 1. The molecule has 1 atom stereocenters. The number of hydrogen-bond donors (Lipinski definition) is 3. The smallest absolute Gasteiger partial charge is 0.248 e. The highest BCUT2D eigenvalue weighted by molar-refractivity contribution is 8.14. The van der Waals surface area contributed by atoms with Gasteiger partial charge in [0.25, 0.3) is 0 Å². The number of aliphatic hydroxyl groups is 1. The Morgan fingerprint density at radius 1 is 1.24 bits per heavy atom. The monoisotopic (exact) mass is 505 g/mol. The molecule has 3 N–H and O–H groups in total. The lowest BCUT2D eigenvalue weighted by Gasteiger charge is -2.34. The molecule has 1 unspecified atom stereocenters. The Morgan fingerprint density at radius 2 is 2.03 bits per heavy atom. The summed E-state index contributed by atoms with van der Waals surface area (Å²) in [6, 6.07) is 6.85. The number of fused-ring (bicyclic) bond motifs is 1. The number of halogens is 1. The topological polar surface area (TPSA) is 93.2 Å². The zero-order valence-electron chi connectivity index (χ0n) is 19.3. The number of carbonyl (C=O) groups excluding carboxylic acids is 1. The fraction of sp³-hybridized carbons (Fsp3) is 0.583. The number of hydrogen-bond acceptors (Lipinski definition) is 7. The van der Waals surface area contributed by atoms with Crippen LogP contribution in [0.5, 0.6) is 0 Å². The summed E-state index contributed by atoms with van der Waals surface area (Å²) in [5.41, 5.74) is 3.17. The molecule has 34 heavy (non-hydrogen) atoms. The number of nitrogens with one attached hydrogen (secondary N) is 2. The van der Waals surface area contributed by atoms with Crippen LogP contribution >= 0.6 is 23.4 Å². The van der Waals surface area contributed by atoms with Crippen molar-refractivity contribution in [1.29, 1.82) is 0 Å². The van der Waals surface area contributed by atoms with E-state index >= 15 is 0 Å². The largest absolute Gasteiger partial charge is 0.387 e. The first-order chi connectivity index (χ1) is 16.6. The van der Waals surface area contributed by atoms with E-state index in [2.05, 4.69) is 21.3 Å². The first kappa shape index (κ1) is 23.9. The predicted molar refractivity (Wildman–Crippen MR) is 138 cm³/mol. The van der Waals surface area contributed by atoms with Gasteiger partial charge in [0.05, 0.1) is 22.9 Å². The molecule has 0 aliphatic carbocycles. The summed E-state index contributed by atoms with van der Waals surface area (Å²) in [4.78, 5) is 24.4. The molecule has 1 aromatic heterocycles. The van der Waals surface area contributed by atoms with Gasteiger partial charge in [-0.2, -0.15) is 0 Å².